The van der Waals surface area contributed by atoms with Crippen LogP contribution in [-0.4, -0.2) is 71.6 Å². The van der Waals surface area contributed by atoms with Crippen molar-refractivity contribution >= 4 is 33.0 Å². The van der Waals surface area contributed by atoms with Gasteiger partial charge in [0.05, 0.1) is 22.9 Å². The molecule has 0 aliphatic heterocycles. The summed E-state index contributed by atoms with van der Waals surface area (Å²) >= 11 is 0. The minimum Gasteiger partial charge on any atom is -0.325 e. The fraction of sp³-hybridized carbons (Fsp3) is 0.500. The molecule has 39 heavy (non-hydrogen) atoms. The molecule has 0 aliphatic carbocycles. The monoisotopic (exact) mass is 560 g/mol. The molecule has 0 saturated carbocycles. The maximum atomic E-state index is 13.0. The minimum absolute atomic E-state index is 0.115. The molecule has 2 aromatic carbocycles. The van der Waals surface area contributed by atoms with Crippen molar-refractivity contribution in [2.24, 2.45) is 0 Å². The fourth-order valence-corrected chi connectivity index (χ4v) is 4.85. The van der Waals surface area contributed by atoms with E-state index in [4.69, 9.17) is 0 Å². The molecule has 0 fully saturated rings. The van der Waals surface area contributed by atoms with Gasteiger partial charge in [0, 0.05) is 23.5 Å². The molecule has 216 valence electrons. The van der Waals surface area contributed by atoms with Gasteiger partial charge in [-0.2, -0.15) is 0 Å². The highest BCUT2D eigenvalue weighted by Gasteiger charge is 2.18. The van der Waals surface area contributed by atoms with Crippen molar-refractivity contribution in [3.05, 3.63) is 48.5 Å². The number of hydrogen-bond donors (Lipinski definition) is 6. The van der Waals surface area contributed by atoms with Gasteiger partial charge in [-0.05, 0) is 87.6 Å². The third-order valence-electron chi connectivity index (χ3n) is 5.63. The van der Waals surface area contributed by atoms with Gasteiger partial charge in [-0.15, -0.1) is 0 Å². The van der Waals surface area contributed by atoms with Crippen LogP contribution in [0.25, 0.3) is 0 Å². The number of rotatable bonds is 18. The van der Waals surface area contributed by atoms with Crippen molar-refractivity contribution < 1.29 is 18.0 Å². The van der Waals surface area contributed by atoms with E-state index in [1.807, 2.05) is 0 Å². The van der Waals surface area contributed by atoms with E-state index in [1.54, 1.807) is 24.3 Å². The van der Waals surface area contributed by atoms with E-state index in [0.29, 0.717) is 23.5 Å². The number of nitrogens with one attached hydrogen (secondary N) is 6. The van der Waals surface area contributed by atoms with Gasteiger partial charge >= 0.3 is 0 Å². The van der Waals surface area contributed by atoms with Gasteiger partial charge in [0.25, 0.3) is 0 Å². The second-order valence-corrected chi connectivity index (χ2v) is 11.9. The molecule has 0 radical (unpaired) electrons. The lowest BCUT2D eigenvalue weighted by molar-refractivity contribution is -0.116. The SMILES string of the molecule is CC(C)NCCCNCC(=O)Nc1ccc(S(=O)(=O)c2ccc(NC(=O)CNCCCNC(C)C)cc2)cc1. The van der Waals surface area contributed by atoms with Crippen LogP contribution >= 0.6 is 0 Å². The topological polar surface area (TPSA) is 140 Å². The van der Waals surface area contributed by atoms with E-state index in [0.717, 1.165) is 39.0 Å². The zero-order valence-corrected chi connectivity index (χ0v) is 24.3. The molecule has 0 unspecified atom stereocenters. The van der Waals surface area contributed by atoms with Crippen LogP contribution in [0.4, 0.5) is 11.4 Å². The van der Waals surface area contributed by atoms with Crippen LogP contribution in [-0.2, 0) is 19.4 Å². The Kier molecular flexibility index (Phi) is 14.1. The Morgan fingerprint density at radius 2 is 0.974 bits per heavy atom. The molecule has 0 heterocycles. The summed E-state index contributed by atoms with van der Waals surface area (Å²) in [4.78, 5) is 24.5. The Hall–Kier alpha value is -2.83. The standard InChI is InChI=1S/C28H44N6O4S/c1-21(2)31-17-5-15-29-19-27(35)33-23-7-11-25(12-8-23)39(37,38)26-13-9-24(10-14-26)34-28(36)20-30-16-6-18-32-22(3)4/h7-14,21-22,29-32H,5-6,15-20H2,1-4H3,(H,33,35)(H,34,36). The number of carbonyl (C=O) groups is 2. The number of benzene rings is 2. The van der Waals surface area contributed by atoms with Crippen LogP contribution in [0.1, 0.15) is 40.5 Å². The van der Waals surface area contributed by atoms with Gasteiger partial charge < -0.3 is 31.9 Å². The summed E-state index contributed by atoms with van der Waals surface area (Å²) in [5.74, 6) is -0.392. The third kappa shape index (κ3) is 12.7. The maximum absolute atomic E-state index is 13.0. The Morgan fingerprint density at radius 3 is 1.31 bits per heavy atom. The molecule has 0 spiro atoms. The van der Waals surface area contributed by atoms with Crippen LogP contribution in [0.3, 0.4) is 0 Å². The number of anilines is 2. The molecule has 0 aliphatic rings. The molecule has 2 amide bonds. The van der Waals surface area contributed by atoms with Crippen molar-refractivity contribution in [3.63, 3.8) is 0 Å². The summed E-state index contributed by atoms with van der Waals surface area (Å²) in [7, 11) is -3.75. The predicted octanol–water partition coefficient (Wildman–Crippen LogP) is 2.35. The quantitative estimate of drug-likeness (QED) is 0.153. The summed E-state index contributed by atoms with van der Waals surface area (Å²) in [6, 6.07) is 13.0. The van der Waals surface area contributed by atoms with E-state index >= 15 is 0 Å². The Morgan fingerprint density at radius 1 is 0.615 bits per heavy atom. The van der Waals surface area contributed by atoms with Crippen LogP contribution in [0, 0.1) is 0 Å². The van der Waals surface area contributed by atoms with Crippen molar-refractivity contribution in [1.82, 2.24) is 21.3 Å². The van der Waals surface area contributed by atoms with Gasteiger partial charge in [0.2, 0.25) is 21.7 Å². The van der Waals surface area contributed by atoms with Crippen molar-refractivity contribution in [2.45, 2.75) is 62.4 Å². The molecule has 2 aromatic rings. The summed E-state index contributed by atoms with van der Waals surface area (Å²) in [5.41, 5.74) is 1.04. The first-order valence-electron chi connectivity index (χ1n) is 13.5. The number of hydrogen-bond acceptors (Lipinski definition) is 8. The summed E-state index contributed by atoms with van der Waals surface area (Å²) in [5, 5.41) is 18.3. The minimum atomic E-state index is -3.75. The highest BCUT2D eigenvalue weighted by atomic mass is 32.2. The van der Waals surface area contributed by atoms with Gasteiger partial charge in [0.15, 0.2) is 0 Å². The average Bonchev–Trinajstić information content (AvgIpc) is 2.88. The lowest BCUT2D eigenvalue weighted by Gasteiger charge is -2.10. The molecule has 0 bridgehead atoms. The number of sulfone groups is 1. The Bertz CT molecular complexity index is 1040. The van der Waals surface area contributed by atoms with Gasteiger partial charge in [0.1, 0.15) is 0 Å². The summed E-state index contributed by atoms with van der Waals surface area (Å²) in [6.45, 7) is 11.9. The van der Waals surface area contributed by atoms with E-state index in [-0.39, 0.29) is 34.7 Å². The van der Waals surface area contributed by atoms with Crippen LogP contribution in [0.2, 0.25) is 0 Å². The summed E-state index contributed by atoms with van der Waals surface area (Å²) in [6.07, 6.45) is 1.83. The van der Waals surface area contributed by atoms with E-state index in [1.165, 1.54) is 24.3 Å². The van der Waals surface area contributed by atoms with Gasteiger partial charge in [-0.25, -0.2) is 8.42 Å². The second-order valence-electron chi connectivity index (χ2n) is 9.93. The predicted molar refractivity (Wildman–Crippen MR) is 157 cm³/mol. The summed E-state index contributed by atoms with van der Waals surface area (Å²) < 4.78 is 26.1. The first-order chi connectivity index (χ1) is 18.6. The van der Waals surface area contributed by atoms with E-state index < -0.39 is 9.84 Å². The van der Waals surface area contributed by atoms with Crippen LogP contribution in [0.5, 0.6) is 0 Å². The molecule has 6 N–H and O–H groups in total. The molecule has 0 saturated heterocycles. The maximum Gasteiger partial charge on any atom is 0.238 e. The van der Waals surface area contributed by atoms with Crippen LogP contribution in [0.15, 0.2) is 58.3 Å². The third-order valence-corrected chi connectivity index (χ3v) is 7.42. The van der Waals surface area contributed by atoms with E-state index in [9.17, 15) is 18.0 Å². The molecule has 0 atom stereocenters. The van der Waals surface area contributed by atoms with Crippen molar-refractivity contribution in [3.8, 4) is 0 Å². The highest BCUT2D eigenvalue weighted by Crippen LogP contribution is 2.23. The zero-order chi connectivity index (χ0) is 28.7. The molecule has 0 aromatic heterocycles. The largest absolute Gasteiger partial charge is 0.325 e. The Labute approximate surface area is 233 Å². The normalized spacial score (nSPS) is 11.6. The van der Waals surface area contributed by atoms with Gasteiger partial charge in [-0.1, -0.05) is 27.7 Å². The number of amides is 2. The first kappa shape index (κ1) is 32.4. The van der Waals surface area contributed by atoms with Crippen molar-refractivity contribution in [1.29, 1.82) is 0 Å². The molecule has 10 nitrogen and oxygen atoms in total. The lowest BCUT2D eigenvalue weighted by Crippen LogP contribution is -2.31. The molecular formula is C28H44N6O4S. The van der Waals surface area contributed by atoms with Gasteiger partial charge in [-0.3, -0.25) is 9.59 Å². The average molecular weight is 561 g/mol. The van der Waals surface area contributed by atoms with Crippen LogP contribution < -0.4 is 31.9 Å². The smallest absolute Gasteiger partial charge is 0.238 e. The molecule has 2 rings (SSSR count). The molecular weight excluding hydrogens is 516 g/mol. The number of carbonyl (C=O) groups excluding carboxylic acids is 2. The Balaban J connectivity index is 1.79. The highest BCUT2D eigenvalue weighted by molar-refractivity contribution is 7.91. The lowest BCUT2D eigenvalue weighted by atomic mass is 10.3. The van der Waals surface area contributed by atoms with E-state index in [2.05, 4.69) is 59.6 Å². The zero-order valence-electron chi connectivity index (χ0n) is 23.5. The first-order valence-corrected chi connectivity index (χ1v) is 15.0. The second kappa shape index (κ2) is 17.0. The molecule has 11 heteroatoms. The fourth-order valence-electron chi connectivity index (χ4n) is 3.59. The van der Waals surface area contributed by atoms with Crippen molar-refractivity contribution in [2.75, 3.05) is 49.9 Å².